The molecule has 17 heavy (non-hydrogen) atoms. The quantitative estimate of drug-likeness (QED) is 0.466. The van der Waals surface area contributed by atoms with Crippen LogP contribution in [0.25, 0.3) is 0 Å². The van der Waals surface area contributed by atoms with Crippen LogP contribution in [0.15, 0.2) is 24.3 Å². The Labute approximate surface area is 120 Å². The van der Waals surface area contributed by atoms with Gasteiger partial charge in [-0.1, -0.05) is 80.5 Å². The normalized spacial score (nSPS) is 12.8. The van der Waals surface area contributed by atoms with Gasteiger partial charge in [0.1, 0.15) is 0 Å². The molecule has 0 atom stereocenters. The van der Waals surface area contributed by atoms with E-state index in [1.807, 2.05) is 0 Å². The molecule has 0 aliphatic carbocycles. The maximum atomic E-state index is 2.50. The van der Waals surface area contributed by atoms with Crippen molar-refractivity contribution in [3.8, 4) is 0 Å². The number of halogens is 1. The van der Waals surface area contributed by atoms with E-state index in [4.69, 9.17) is 0 Å². The fourth-order valence-corrected chi connectivity index (χ4v) is 2.44. The van der Waals surface area contributed by atoms with E-state index in [0.29, 0.717) is 5.41 Å². The van der Waals surface area contributed by atoms with Crippen molar-refractivity contribution in [2.75, 3.05) is 0 Å². The molecule has 1 aromatic rings. The van der Waals surface area contributed by atoms with Gasteiger partial charge in [-0.3, -0.25) is 0 Å². The largest absolute Gasteiger partial charge is 0.0743 e. The summed E-state index contributed by atoms with van der Waals surface area (Å²) in [5.41, 5.74) is 3.19. The van der Waals surface area contributed by atoms with Crippen molar-refractivity contribution in [3.05, 3.63) is 35.4 Å². The number of alkyl halides is 1. The highest BCUT2D eigenvalue weighted by Gasteiger charge is 2.21. The van der Waals surface area contributed by atoms with Crippen LogP contribution in [0.2, 0.25) is 0 Å². The van der Waals surface area contributed by atoms with Crippen molar-refractivity contribution in [2.45, 2.75) is 62.7 Å². The molecule has 0 saturated carbocycles. The smallest absolute Gasteiger partial charge is 0.0414 e. The lowest BCUT2D eigenvalue weighted by molar-refractivity contribution is 0.457. The van der Waals surface area contributed by atoms with Crippen LogP contribution in [-0.2, 0) is 8.84 Å². The van der Waals surface area contributed by atoms with Crippen LogP contribution in [0.1, 0.15) is 65.0 Å². The average Bonchev–Trinajstić information content (AvgIpc) is 2.25. The fourth-order valence-electron chi connectivity index (χ4n) is 2.08. The highest BCUT2D eigenvalue weighted by atomic mass is 127. The Balaban J connectivity index is 2.87. The lowest BCUT2D eigenvalue weighted by atomic mass is 9.79. The van der Waals surface area contributed by atoms with E-state index in [9.17, 15) is 0 Å². The molecule has 0 amide bonds. The van der Waals surface area contributed by atoms with Gasteiger partial charge in [0.15, 0.2) is 0 Å². The van der Waals surface area contributed by atoms with Gasteiger partial charge in [-0.25, -0.2) is 0 Å². The highest BCUT2D eigenvalue weighted by molar-refractivity contribution is 14.1. The zero-order valence-electron chi connectivity index (χ0n) is 11.8. The van der Waals surface area contributed by atoms with Crippen molar-refractivity contribution >= 4 is 22.6 Å². The van der Waals surface area contributed by atoms with Gasteiger partial charge in [-0.2, -0.15) is 0 Å². The van der Waals surface area contributed by atoms with Crippen molar-refractivity contribution in [3.63, 3.8) is 0 Å². The summed E-state index contributed by atoms with van der Waals surface area (Å²) in [7, 11) is 0. The molecule has 1 heteroatoms. The molecule has 1 rings (SSSR count). The molecule has 0 aliphatic rings. The van der Waals surface area contributed by atoms with Gasteiger partial charge in [0.25, 0.3) is 0 Å². The molecule has 0 aromatic heterocycles. The maximum absolute atomic E-state index is 2.50. The van der Waals surface area contributed by atoms with Crippen LogP contribution in [0.5, 0.6) is 0 Å². The summed E-state index contributed by atoms with van der Waals surface area (Å²) >= 11 is 2.50. The Morgan fingerprint density at radius 1 is 0.941 bits per heavy atom. The average molecular weight is 344 g/mol. The van der Waals surface area contributed by atoms with E-state index in [1.165, 1.54) is 30.4 Å². The standard InChI is InChI=1S/C16H25I/c1-6-7-12-15(2,3)13-8-10-14(11-9-13)16(4,5)17/h8-11H,6-7,12H2,1-5H3. The van der Waals surface area contributed by atoms with Crippen molar-refractivity contribution in [1.29, 1.82) is 0 Å². The molecule has 1 aromatic carbocycles. The third-order valence-electron chi connectivity index (χ3n) is 3.51. The lowest BCUT2D eigenvalue weighted by Crippen LogP contribution is -2.17. The Bertz CT molecular complexity index is 341. The number of rotatable bonds is 5. The summed E-state index contributed by atoms with van der Waals surface area (Å²) in [6.07, 6.45) is 3.87. The van der Waals surface area contributed by atoms with E-state index in [0.717, 1.165) is 0 Å². The van der Waals surface area contributed by atoms with Gasteiger partial charge in [-0.15, -0.1) is 0 Å². The minimum atomic E-state index is 0.226. The van der Waals surface area contributed by atoms with E-state index in [-0.39, 0.29) is 3.42 Å². The molecule has 0 unspecified atom stereocenters. The SMILES string of the molecule is CCCCC(C)(C)c1ccc(C(C)(C)I)cc1. The lowest BCUT2D eigenvalue weighted by Gasteiger charge is -2.26. The minimum Gasteiger partial charge on any atom is -0.0743 e. The first kappa shape index (κ1) is 15.0. The predicted molar refractivity (Wildman–Crippen MR) is 86.0 cm³/mol. The topological polar surface area (TPSA) is 0 Å². The Morgan fingerprint density at radius 2 is 1.41 bits per heavy atom. The van der Waals surface area contributed by atoms with Crippen LogP contribution >= 0.6 is 22.6 Å². The molecule has 0 fully saturated rings. The van der Waals surface area contributed by atoms with Gasteiger partial charge in [0, 0.05) is 3.42 Å². The van der Waals surface area contributed by atoms with Crippen LogP contribution in [-0.4, -0.2) is 0 Å². The molecule has 0 aliphatic heterocycles. The third kappa shape index (κ3) is 4.27. The first-order valence-corrected chi connectivity index (χ1v) is 7.65. The van der Waals surface area contributed by atoms with Crippen LogP contribution in [0, 0.1) is 0 Å². The van der Waals surface area contributed by atoms with Crippen LogP contribution < -0.4 is 0 Å². The van der Waals surface area contributed by atoms with Gasteiger partial charge < -0.3 is 0 Å². The molecule has 0 saturated heterocycles. The molecule has 0 radical (unpaired) electrons. The molecule has 0 bridgehead atoms. The summed E-state index contributed by atoms with van der Waals surface area (Å²) < 4.78 is 0.226. The second-order valence-electron chi connectivity index (χ2n) is 6.04. The zero-order valence-corrected chi connectivity index (χ0v) is 14.0. The third-order valence-corrected chi connectivity index (χ3v) is 4.13. The summed E-state index contributed by atoms with van der Waals surface area (Å²) in [5.74, 6) is 0. The number of hydrogen-bond acceptors (Lipinski definition) is 0. The predicted octanol–water partition coefficient (Wildman–Crippen LogP) is 5.82. The molecular weight excluding hydrogens is 319 g/mol. The first-order chi connectivity index (χ1) is 7.77. The number of hydrogen-bond donors (Lipinski definition) is 0. The van der Waals surface area contributed by atoms with Gasteiger partial charge in [0.05, 0.1) is 0 Å². The van der Waals surface area contributed by atoms with E-state index >= 15 is 0 Å². The van der Waals surface area contributed by atoms with Crippen LogP contribution in [0.4, 0.5) is 0 Å². The number of benzene rings is 1. The van der Waals surface area contributed by atoms with E-state index in [1.54, 1.807) is 0 Å². The van der Waals surface area contributed by atoms with Gasteiger partial charge >= 0.3 is 0 Å². The first-order valence-electron chi connectivity index (χ1n) is 6.57. The Morgan fingerprint density at radius 3 is 1.82 bits per heavy atom. The molecule has 0 spiro atoms. The molecule has 0 nitrogen and oxygen atoms in total. The summed E-state index contributed by atoms with van der Waals surface area (Å²) in [4.78, 5) is 0. The summed E-state index contributed by atoms with van der Waals surface area (Å²) in [6, 6.07) is 9.20. The maximum Gasteiger partial charge on any atom is 0.0414 e. The monoisotopic (exact) mass is 344 g/mol. The molecule has 0 heterocycles. The van der Waals surface area contributed by atoms with Crippen molar-refractivity contribution in [1.82, 2.24) is 0 Å². The highest BCUT2D eigenvalue weighted by Crippen LogP contribution is 2.34. The zero-order chi connectivity index (χ0) is 13.1. The molecule has 0 N–H and O–H groups in total. The minimum absolute atomic E-state index is 0.226. The summed E-state index contributed by atoms with van der Waals surface area (Å²) in [5, 5.41) is 0. The van der Waals surface area contributed by atoms with Crippen LogP contribution in [0.3, 0.4) is 0 Å². The van der Waals surface area contributed by atoms with Crippen molar-refractivity contribution in [2.24, 2.45) is 0 Å². The molecule has 96 valence electrons. The van der Waals surface area contributed by atoms with Gasteiger partial charge in [-0.05, 0) is 36.8 Å². The van der Waals surface area contributed by atoms with Gasteiger partial charge in [0.2, 0.25) is 0 Å². The second kappa shape index (κ2) is 5.73. The number of unbranched alkanes of at least 4 members (excludes halogenated alkanes) is 1. The fraction of sp³-hybridized carbons (Fsp3) is 0.625. The molecular formula is C16H25I. The Kier molecular flexibility index (Phi) is 5.06. The van der Waals surface area contributed by atoms with Crippen molar-refractivity contribution < 1.29 is 0 Å². The second-order valence-corrected chi connectivity index (χ2v) is 8.73. The summed E-state index contributed by atoms with van der Waals surface area (Å²) in [6.45, 7) is 11.5. The van der Waals surface area contributed by atoms with E-state index in [2.05, 4.69) is 81.5 Å². The van der Waals surface area contributed by atoms with E-state index < -0.39 is 0 Å². The Hall–Kier alpha value is -0.0500.